The van der Waals surface area contributed by atoms with E-state index in [1.165, 1.54) is 6.33 Å². The van der Waals surface area contributed by atoms with Crippen molar-refractivity contribution < 1.29 is 14.6 Å². The summed E-state index contributed by atoms with van der Waals surface area (Å²) < 4.78 is 12.8. The number of methoxy groups -OCH3 is 1. The summed E-state index contributed by atoms with van der Waals surface area (Å²) in [6.45, 7) is 4.89. The number of nitrogens with zero attached hydrogens (tertiary/aromatic N) is 3. The molecule has 1 heterocycles. The van der Waals surface area contributed by atoms with Crippen LogP contribution in [0.4, 0.5) is 0 Å². The topological polar surface area (TPSA) is 69.4 Å². The van der Waals surface area contributed by atoms with Gasteiger partial charge in [-0.25, -0.2) is 9.67 Å². The molecule has 1 aromatic heterocycles. The Morgan fingerprint density at radius 3 is 2.86 bits per heavy atom. The normalized spacial score (nSPS) is 12.2. The van der Waals surface area contributed by atoms with Gasteiger partial charge in [0.05, 0.1) is 13.2 Å². The van der Waals surface area contributed by atoms with Crippen molar-refractivity contribution in [2.75, 3.05) is 7.11 Å². The molecule has 2 aromatic rings. The van der Waals surface area contributed by atoms with E-state index < -0.39 is 6.10 Å². The van der Waals surface area contributed by atoms with Gasteiger partial charge >= 0.3 is 0 Å². The minimum absolute atomic E-state index is 0.298. The number of aliphatic hydroxyl groups excluding tert-OH is 1. The number of rotatable bonds is 7. The number of benzene rings is 1. The molecule has 0 aliphatic heterocycles. The highest BCUT2D eigenvalue weighted by Crippen LogP contribution is 2.30. The molecule has 114 valence electrons. The van der Waals surface area contributed by atoms with Crippen LogP contribution in [0.25, 0.3) is 0 Å². The second-order valence-electron chi connectivity index (χ2n) is 4.77. The fourth-order valence-electron chi connectivity index (χ4n) is 2.05. The molecular formula is C15H21N3O3. The molecule has 1 atom stereocenters. The average molecular weight is 291 g/mol. The molecule has 0 saturated heterocycles. The third-order valence-electron chi connectivity index (χ3n) is 3.16. The van der Waals surface area contributed by atoms with E-state index in [1.54, 1.807) is 32.2 Å². The average Bonchev–Trinajstić information content (AvgIpc) is 2.92. The highest BCUT2D eigenvalue weighted by atomic mass is 16.5. The maximum atomic E-state index is 9.81. The van der Waals surface area contributed by atoms with Gasteiger partial charge in [-0.05, 0) is 25.5 Å². The first-order chi connectivity index (χ1) is 10.2. The molecule has 0 bridgehead atoms. The van der Waals surface area contributed by atoms with E-state index in [0.29, 0.717) is 18.1 Å². The molecule has 6 heteroatoms. The molecule has 0 spiro atoms. The van der Waals surface area contributed by atoms with Crippen LogP contribution in [0.15, 0.2) is 24.5 Å². The van der Waals surface area contributed by atoms with Gasteiger partial charge in [0.15, 0.2) is 5.82 Å². The summed E-state index contributed by atoms with van der Waals surface area (Å²) >= 11 is 0. The molecule has 0 saturated carbocycles. The molecule has 0 aliphatic carbocycles. The van der Waals surface area contributed by atoms with E-state index in [-0.39, 0.29) is 0 Å². The van der Waals surface area contributed by atoms with Crippen LogP contribution >= 0.6 is 0 Å². The first-order valence-electron chi connectivity index (χ1n) is 7.01. The molecule has 21 heavy (non-hydrogen) atoms. The first kappa shape index (κ1) is 15.3. The third-order valence-corrected chi connectivity index (χ3v) is 3.16. The fraction of sp³-hybridized carbons (Fsp3) is 0.467. The summed E-state index contributed by atoms with van der Waals surface area (Å²) in [6, 6.07) is 5.37. The van der Waals surface area contributed by atoms with Gasteiger partial charge in [-0.1, -0.05) is 6.92 Å². The first-order valence-corrected chi connectivity index (χ1v) is 7.01. The maximum Gasteiger partial charge on any atom is 0.164 e. The number of hydrogen-bond donors (Lipinski definition) is 1. The minimum Gasteiger partial charge on any atom is -0.497 e. The van der Waals surface area contributed by atoms with E-state index in [0.717, 1.165) is 24.4 Å². The number of hydrogen-bond acceptors (Lipinski definition) is 5. The molecule has 6 nitrogen and oxygen atoms in total. The van der Waals surface area contributed by atoms with Crippen molar-refractivity contribution in [3.8, 4) is 11.5 Å². The van der Waals surface area contributed by atoms with Crippen molar-refractivity contribution in [1.29, 1.82) is 0 Å². The monoisotopic (exact) mass is 291 g/mol. The summed E-state index contributed by atoms with van der Waals surface area (Å²) in [5.74, 6) is 2.04. The van der Waals surface area contributed by atoms with E-state index >= 15 is 0 Å². The number of aryl methyl sites for hydroxylation is 1. The summed E-state index contributed by atoms with van der Waals surface area (Å²) in [5, 5.41) is 14.0. The smallest absolute Gasteiger partial charge is 0.164 e. The number of aromatic nitrogens is 3. The third kappa shape index (κ3) is 3.72. The Balaban J connectivity index is 2.16. The van der Waals surface area contributed by atoms with Crippen LogP contribution in [0.2, 0.25) is 0 Å². The Kier molecular flexibility index (Phi) is 5.16. The van der Waals surface area contributed by atoms with Gasteiger partial charge in [0.1, 0.15) is 24.4 Å². The summed E-state index contributed by atoms with van der Waals surface area (Å²) in [4.78, 5) is 4.20. The van der Waals surface area contributed by atoms with Crippen molar-refractivity contribution >= 4 is 0 Å². The van der Waals surface area contributed by atoms with Crippen molar-refractivity contribution in [3.05, 3.63) is 35.9 Å². The minimum atomic E-state index is -0.612. The molecule has 1 aromatic carbocycles. The van der Waals surface area contributed by atoms with Gasteiger partial charge in [0, 0.05) is 18.2 Å². The predicted molar refractivity (Wildman–Crippen MR) is 78.3 cm³/mol. The quantitative estimate of drug-likeness (QED) is 0.848. The zero-order valence-electron chi connectivity index (χ0n) is 12.6. The SMILES string of the molecule is CCCn1ncnc1COc1cc(OC)ccc1C(C)O. The Morgan fingerprint density at radius 2 is 2.19 bits per heavy atom. The van der Waals surface area contributed by atoms with Gasteiger partial charge in [0.2, 0.25) is 0 Å². The Morgan fingerprint density at radius 1 is 1.38 bits per heavy atom. The summed E-state index contributed by atoms with van der Waals surface area (Å²) in [6.07, 6.45) is 1.89. The summed E-state index contributed by atoms with van der Waals surface area (Å²) in [5.41, 5.74) is 0.720. The van der Waals surface area contributed by atoms with Gasteiger partial charge in [0.25, 0.3) is 0 Å². The Hall–Kier alpha value is -2.08. The standard InChI is InChI=1S/C15H21N3O3/c1-4-7-18-15(16-10-17-18)9-21-14-8-12(20-3)5-6-13(14)11(2)19/h5-6,8,10-11,19H,4,7,9H2,1-3H3. The molecule has 1 N–H and O–H groups in total. The number of ether oxygens (including phenoxy) is 2. The maximum absolute atomic E-state index is 9.81. The van der Waals surface area contributed by atoms with E-state index in [4.69, 9.17) is 9.47 Å². The van der Waals surface area contributed by atoms with Crippen LogP contribution in [-0.2, 0) is 13.2 Å². The van der Waals surface area contributed by atoms with E-state index in [2.05, 4.69) is 17.0 Å². The predicted octanol–water partition coefficient (Wildman–Crippen LogP) is 2.33. The molecule has 0 aliphatic rings. The van der Waals surface area contributed by atoms with E-state index in [9.17, 15) is 5.11 Å². The molecule has 0 amide bonds. The lowest BCUT2D eigenvalue weighted by Gasteiger charge is -2.14. The second-order valence-corrected chi connectivity index (χ2v) is 4.77. The Bertz CT molecular complexity index is 581. The van der Waals surface area contributed by atoms with Crippen molar-refractivity contribution in [2.45, 2.75) is 39.5 Å². The fourth-order valence-corrected chi connectivity index (χ4v) is 2.05. The van der Waals surface area contributed by atoms with Crippen LogP contribution in [-0.4, -0.2) is 27.0 Å². The highest BCUT2D eigenvalue weighted by molar-refractivity contribution is 5.41. The van der Waals surface area contributed by atoms with Gasteiger partial charge in [-0.2, -0.15) is 5.10 Å². The lowest BCUT2D eigenvalue weighted by Crippen LogP contribution is -2.09. The molecule has 2 rings (SSSR count). The van der Waals surface area contributed by atoms with Crippen molar-refractivity contribution in [3.63, 3.8) is 0 Å². The largest absolute Gasteiger partial charge is 0.497 e. The van der Waals surface area contributed by atoms with E-state index in [1.807, 2.05) is 4.68 Å². The van der Waals surface area contributed by atoms with Crippen LogP contribution < -0.4 is 9.47 Å². The molecular weight excluding hydrogens is 270 g/mol. The lowest BCUT2D eigenvalue weighted by molar-refractivity contribution is 0.188. The summed E-state index contributed by atoms with van der Waals surface area (Å²) in [7, 11) is 1.60. The van der Waals surface area contributed by atoms with Gasteiger partial charge in [-0.15, -0.1) is 0 Å². The second kappa shape index (κ2) is 7.08. The zero-order valence-corrected chi connectivity index (χ0v) is 12.6. The zero-order chi connectivity index (χ0) is 15.2. The van der Waals surface area contributed by atoms with Gasteiger partial charge in [-0.3, -0.25) is 0 Å². The van der Waals surface area contributed by atoms with Crippen LogP contribution in [0.1, 0.15) is 37.8 Å². The molecule has 0 fully saturated rings. The molecule has 1 unspecified atom stereocenters. The van der Waals surface area contributed by atoms with Crippen LogP contribution in [0.3, 0.4) is 0 Å². The van der Waals surface area contributed by atoms with Crippen molar-refractivity contribution in [2.24, 2.45) is 0 Å². The lowest BCUT2D eigenvalue weighted by atomic mass is 10.1. The highest BCUT2D eigenvalue weighted by Gasteiger charge is 2.12. The Labute approximate surface area is 124 Å². The van der Waals surface area contributed by atoms with Crippen LogP contribution in [0, 0.1) is 0 Å². The molecule has 0 radical (unpaired) electrons. The van der Waals surface area contributed by atoms with Gasteiger partial charge < -0.3 is 14.6 Å². The number of aliphatic hydroxyl groups is 1. The van der Waals surface area contributed by atoms with Crippen molar-refractivity contribution in [1.82, 2.24) is 14.8 Å². The van der Waals surface area contributed by atoms with Crippen LogP contribution in [0.5, 0.6) is 11.5 Å².